The maximum absolute atomic E-state index is 12.4. The molecule has 0 aliphatic carbocycles. The van der Waals surface area contributed by atoms with E-state index in [1.807, 2.05) is 0 Å². The van der Waals surface area contributed by atoms with Gasteiger partial charge in [-0.1, -0.05) is 35.9 Å². The predicted octanol–water partition coefficient (Wildman–Crippen LogP) is 5.27. The first-order valence-corrected chi connectivity index (χ1v) is 9.96. The van der Waals surface area contributed by atoms with Crippen molar-refractivity contribution in [3.63, 3.8) is 0 Å². The Hall–Kier alpha value is -3.09. The quantitative estimate of drug-likeness (QED) is 0.398. The Bertz CT molecular complexity index is 1070. The SMILES string of the molecule is O=C(CSc1ccc(NC(=O)c2ccccc2C(=O)O)cc1)c1ccccc1Cl. The average molecular weight is 426 g/mol. The molecule has 29 heavy (non-hydrogen) atoms. The van der Waals surface area contributed by atoms with E-state index in [0.29, 0.717) is 16.3 Å². The summed E-state index contributed by atoms with van der Waals surface area (Å²) in [4.78, 5) is 36.8. The van der Waals surface area contributed by atoms with Crippen LogP contribution in [0, 0.1) is 0 Å². The van der Waals surface area contributed by atoms with E-state index in [0.717, 1.165) is 4.90 Å². The Morgan fingerprint density at radius 2 is 1.41 bits per heavy atom. The van der Waals surface area contributed by atoms with Gasteiger partial charge in [0.25, 0.3) is 5.91 Å². The van der Waals surface area contributed by atoms with Crippen molar-refractivity contribution in [2.75, 3.05) is 11.1 Å². The second-order valence-electron chi connectivity index (χ2n) is 6.02. The maximum atomic E-state index is 12.4. The lowest BCUT2D eigenvalue weighted by atomic mass is 10.1. The minimum absolute atomic E-state index is 0.0599. The Labute approximate surface area is 176 Å². The van der Waals surface area contributed by atoms with E-state index in [-0.39, 0.29) is 22.7 Å². The number of nitrogens with one attached hydrogen (secondary N) is 1. The van der Waals surface area contributed by atoms with E-state index < -0.39 is 11.9 Å². The number of Topliss-reactive ketones (excluding diaryl/α,β-unsaturated/α-hetero) is 1. The second kappa shape index (κ2) is 9.41. The number of thioether (sulfide) groups is 1. The summed E-state index contributed by atoms with van der Waals surface area (Å²) in [6, 6.07) is 19.9. The molecular weight excluding hydrogens is 410 g/mol. The number of amides is 1. The van der Waals surface area contributed by atoms with Gasteiger partial charge in [-0.25, -0.2) is 4.79 Å². The van der Waals surface area contributed by atoms with Crippen molar-refractivity contribution in [2.24, 2.45) is 0 Å². The summed E-state index contributed by atoms with van der Waals surface area (Å²) in [6.45, 7) is 0. The predicted molar refractivity (Wildman–Crippen MR) is 114 cm³/mol. The average Bonchev–Trinajstić information content (AvgIpc) is 2.73. The van der Waals surface area contributed by atoms with Crippen LogP contribution in [0.1, 0.15) is 31.1 Å². The van der Waals surface area contributed by atoms with Gasteiger partial charge < -0.3 is 10.4 Å². The highest BCUT2D eigenvalue weighted by Crippen LogP contribution is 2.24. The molecule has 0 saturated heterocycles. The summed E-state index contributed by atoms with van der Waals surface area (Å²) >= 11 is 7.41. The van der Waals surface area contributed by atoms with Gasteiger partial charge in [0.1, 0.15) is 0 Å². The molecule has 0 aliphatic heterocycles. The van der Waals surface area contributed by atoms with Gasteiger partial charge in [-0.3, -0.25) is 9.59 Å². The number of aromatic carboxylic acids is 1. The summed E-state index contributed by atoms with van der Waals surface area (Å²) in [6.07, 6.45) is 0. The molecule has 0 fully saturated rings. The molecule has 0 aliphatic rings. The van der Waals surface area contributed by atoms with Crippen LogP contribution in [-0.4, -0.2) is 28.5 Å². The maximum Gasteiger partial charge on any atom is 0.336 e. The van der Waals surface area contributed by atoms with Crippen molar-refractivity contribution in [3.8, 4) is 0 Å². The van der Waals surface area contributed by atoms with Gasteiger partial charge in [-0.05, 0) is 48.5 Å². The molecule has 5 nitrogen and oxygen atoms in total. The first-order valence-electron chi connectivity index (χ1n) is 8.60. The highest BCUT2D eigenvalue weighted by atomic mass is 35.5. The van der Waals surface area contributed by atoms with Crippen LogP contribution in [0.15, 0.2) is 77.7 Å². The molecule has 0 unspecified atom stereocenters. The topological polar surface area (TPSA) is 83.5 Å². The second-order valence-corrected chi connectivity index (χ2v) is 7.48. The van der Waals surface area contributed by atoms with Crippen molar-refractivity contribution in [3.05, 3.63) is 94.5 Å². The van der Waals surface area contributed by atoms with Crippen molar-refractivity contribution in [2.45, 2.75) is 4.90 Å². The molecule has 3 rings (SSSR count). The summed E-state index contributed by atoms with van der Waals surface area (Å²) in [5.74, 6) is -1.49. The third kappa shape index (κ3) is 5.25. The number of hydrogen-bond acceptors (Lipinski definition) is 4. The fourth-order valence-electron chi connectivity index (χ4n) is 2.61. The van der Waals surface area contributed by atoms with E-state index in [1.54, 1.807) is 60.7 Å². The molecule has 0 saturated carbocycles. The van der Waals surface area contributed by atoms with Crippen LogP contribution in [0.2, 0.25) is 5.02 Å². The lowest BCUT2D eigenvalue weighted by Crippen LogP contribution is -2.16. The fraction of sp³-hybridized carbons (Fsp3) is 0.0455. The molecule has 0 radical (unpaired) electrons. The molecule has 0 aromatic heterocycles. The van der Waals surface area contributed by atoms with Gasteiger partial charge in [0.2, 0.25) is 0 Å². The van der Waals surface area contributed by atoms with Gasteiger partial charge >= 0.3 is 5.97 Å². The molecule has 2 N–H and O–H groups in total. The molecule has 0 spiro atoms. The largest absolute Gasteiger partial charge is 0.478 e. The highest BCUT2D eigenvalue weighted by Gasteiger charge is 2.16. The van der Waals surface area contributed by atoms with E-state index in [4.69, 9.17) is 11.6 Å². The zero-order chi connectivity index (χ0) is 20.8. The summed E-state index contributed by atoms with van der Waals surface area (Å²) in [7, 11) is 0. The van der Waals surface area contributed by atoms with E-state index >= 15 is 0 Å². The van der Waals surface area contributed by atoms with E-state index in [2.05, 4.69) is 5.32 Å². The summed E-state index contributed by atoms with van der Waals surface area (Å²) in [5, 5.41) is 12.3. The highest BCUT2D eigenvalue weighted by molar-refractivity contribution is 8.00. The van der Waals surface area contributed by atoms with Crippen LogP contribution in [0.3, 0.4) is 0 Å². The summed E-state index contributed by atoms with van der Waals surface area (Å²) < 4.78 is 0. The Morgan fingerprint density at radius 3 is 2.03 bits per heavy atom. The third-order valence-electron chi connectivity index (χ3n) is 4.06. The normalized spacial score (nSPS) is 10.4. The lowest BCUT2D eigenvalue weighted by molar-refractivity contribution is 0.0692. The number of carboxylic acid groups (broad SMARTS) is 1. The first-order chi connectivity index (χ1) is 14.0. The van der Waals surface area contributed by atoms with Crippen LogP contribution in [0.25, 0.3) is 0 Å². The zero-order valence-electron chi connectivity index (χ0n) is 15.1. The number of hydrogen-bond donors (Lipinski definition) is 2. The first kappa shape index (κ1) is 20.6. The third-order valence-corrected chi connectivity index (χ3v) is 5.40. The fourth-order valence-corrected chi connectivity index (χ4v) is 3.64. The number of ketones is 1. The van der Waals surface area contributed by atoms with E-state index in [9.17, 15) is 19.5 Å². The molecule has 3 aromatic rings. The minimum atomic E-state index is -1.16. The number of carboxylic acids is 1. The van der Waals surface area contributed by atoms with Crippen molar-refractivity contribution in [1.82, 2.24) is 0 Å². The molecule has 0 bridgehead atoms. The molecule has 0 heterocycles. The number of carbonyl (C=O) groups excluding carboxylic acids is 2. The monoisotopic (exact) mass is 425 g/mol. The molecular formula is C22H16ClNO4S. The van der Waals surface area contributed by atoms with Crippen LogP contribution >= 0.6 is 23.4 Å². The van der Waals surface area contributed by atoms with Crippen molar-refractivity contribution < 1.29 is 19.5 Å². The standard InChI is InChI=1S/C22H16ClNO4S/c23-19-8-4-3-7-18(19)20(25)13-29-15-11-9-14(10-12-15)24-21(26)16-5-1-2-6-17(16)22(27)28/h1-12H,13H2,(H,24,26)(H,27,28). The Kier molecular flexibility index (Phi) is 6.69. The number of benzene rings is 3. The van der Waals surface area contributed by atoms with Gasteiger partial charge in [0, 0.05) is 16.1 Å². The zero-order valence-corrected chi connectivity index (χ0v) is 16.7. The molecule has 0 atom stereocenters. The van der Waals surface area contributed by atoms with Gasteiger partial charge in [-0.15, -0.1) is 11.8 Å². The number of rotatable bonds is 7. The Morgan fingerprint density at radius 1 is 0.828 bits per heavy atom. The van der Waals surface area contributed by atoms with Crippen LogP contribution in [0.5, 0.6) is 0 Å². The van der Waals surface area contributed by atoms with Crippen molar-refractivity contribution in [1.29, 1.82) is 0 Å². The molecule has 1 amide bonds. The molecule has 146 valence electrons. The number of anilines is 1. The Balaban J connectivity index is 1.62. The van der Waals surface area contributed by atoms with Gasteiger partial charge in [0.15, 0.2) is 5.78 Å². The van der Waals surface area contributed by atoms with E-state index in [1.165, 1.54) is 23.9 Å². The van der Waals surface area contributed by atoms with Gasteiger partial charge in [-0.2, -0.15) is 0 Å². The molecule has 3 aromatic carbocycles. The number of halogens is 1. The lowest BCUT2D eigenvalue weighted by Gasteiger charge is -2.09. The van der Waals surface area contributed by atoms with Gasteiger partial charge in [0.05, 0.1) is 21.9 Å². The van der Waals surface area contributed by atoms with Crippen molar-refractivity contribution >= 4 is 46.7 Å². The minimum Gasteiger partial charge on any atom is -0.478 e. The van der Waals surface area contributed by atoms with Crippen LogP contribution < -0.4 is 5.32 Å². The number of carbonyl (C=O) groups is 3. The van der Waals surface area contributed by atoms with Crippen LogP contribution in [0.4, 0.5) is 5.69 Å². The summed E-state index contributed by atoms with van der Waals surface area (Å²) in [5.41, 5.74) is 1.04. The molecule has 7 heteroatoms. The smallest absolute Gasteiger partial charge is 0.336 e. The van der Waals surface area contributed by atoms with Crippen LogP contribution in [-0.2, 0) is 0 Å².